The van der Waals surface area contributed by atoms with Crippen molar-refractivity contribution < 1.29 is 9.53 Å². The van der Waals surface area contributed by atoms with E-state index in [1.54, 1.807) is 41.5 Å². The molecule has 1 aromatic carbocycles. The van der Waals surface area contributed by atoms with Crippen molar-refractivity contribution in [3.63, 3.8) is 0 Å². The number of carbonyl (C=O) groups excluding carboxylic acids is 1. The molecule has 3 nitrogen and oxygen atoms in total. The van der Waals surface area contributed by atoms with E-state index in [1.165, 1.54) is 0 Å². The van der Waals surface area contributed by atoms with Crippen LogP contribution in [0.4, 0.5) is 0 Å². The molecule has 1 heterocycles. The Bertz CT molecular complexity index is 604. The predicted molar refractivity (Wildman–Crippen MR) is 90.1 cm³/mol. The molecule has 2 rings (SSSR count). The van der Waals surface area contributed by atoms with Crippen molar-refractivity contribution in [1.29, 1.82) is 0 Å². The van der Waals surface area contributed by atoms with Gasteiger partial charge in [0.15, 0.2) is 0 Å². The molecule has 0 N–H and O–H groups in total. The molecule has 0 radical (unpaired) electrons. The Morgan fingerprint density at radius 1 is 1.43 bits per heavy atom. The highest BCUT2D eigenvalue weighted by Gasteiger charge is 2.19. The third-order valence-electron chi connectivity index (χ3n) is 2.94. The highest BCUT2D eigenvalue weighted by molar-refractivity contribution is 9.10. The third-order valence-corrected chi connectivity index (χ3v) is 4.69. The fourth-order valence-electron chi connectivity index (χ4n) is 1.88. The monoisotopic (exact) mass is 387 g/mol. The van der Waals surface area contributed by atoms with Crippen molar-refractivity contribution >= 4 is 44.8 Å². The van der Waals surface area contributed by atoms with Crippen LogP contribution in [0.5, 0.6) is 0 Å². The molecule has 0 atom stereocenters. The van der Waals surface area contributed by atoms with Gasteiger partial charge in [0, 0.05) is 28.0 Å². The van der Waals surface area contributed by atoms with Gasteiger partial charge in [-0.2, -0.15) is 0 Å². The SMILES string of the molecule is COCCN(Cc1cccs1)C(=O)c1ccc(Cl)cc1Br. The summed E-state index contributed by atoms with van der Waals surface area (Å²) >= 11 is 11.0. The number of carbonyl (C=O) groups is 1. The maximum atomic E-state index is 12.7. The second-order valence-corrected chi connectivity index (χ2v) is 6.75. The lowest BCUT2D eigenvalue weighted by Gasteiger charge is -2.22. The molecule has 21 heavy (non-hydrogen) atoms. The van der Waals surface area contributed by atoms with Gasteiger partial charge in [0.2, 0.25) is 0 Å². The second-order valence-electron chi connectivity index (χ2n) is 4.42. The fraction of sp³-hybridized carbons (Fsp3) is 0.267. The molecule has 112 valence electrons. The zero-order valence-electron chi connectivity index (χ0n) is 11.5. The van der Waals surface area contributed by atoms with Crippen LogP contribution in [0, 0.1) is 0 Å². The smallest absolute Gasteiger partial charge is 0.255 e. The second kappa shape index (κ2) is 7.94. The number of halogens is 2. The number of hydrogen-bond donors (Lipinski definition) is 0. The Morgan fingerprint density at radius 3 is 2.86 bits per heavy atom. The van der Waals surface area contributed by atoms with E-state index in [0.29, 0.717) is 34.8 Å². The van der Waals surface area contributed by atoms with E-state index in [0.717, 1.165) is 4.88 Å². The van der Waals surface area contributed by atoms with Crippen molar-refractivity contribution in [3.05, 3.63) is 55.6 Å². The number of hydrogen-bond acceptors (Lipinski definition) is 3. The van der Waals surface area contributed by atoms with Crippen LogP contribution in [0.25, 0.3) is 0 Å². The van der Waals surface area contributed by atoms with E-state index in [-0.39, 0.29) is 5.91 Å². The van der Waals surface area contributed by atoms with Gasteiger partial charge in [0.1, 0.15) is 0 Å². The molecule has 0 aliphatic rings. The number of thiophene rings is 1. The first kappa shape index (κ1) is 16.5. The first-order valence-corrected chi connectivity index (χ1v) is 8.42. The fourth-order valence-corrected chi connectivity index (χ4v) is 3.45. The summed E-state index contributed by atoms with van der Waals surface area (Å²) in [6.45, 7) is 1.62. The topological polar surface area (TPSA) is 29.5 Å². The summed E-state index contributed by atoms with van der Waals surface area (Å²) in [4.78, 5) is 15.6. The molecule has 2 aromatic rings. The van der Waals surface area contributed by atoms with E-state index in [9.17, 15) is 4.79 Å². The minimum Gasteiger partial charge on any atom is -0.383 e. The van der Waals surface area contributed by atoms with E-state index in [1.807, 2.05) is 17.5 Å². The maximum Gasteiger partial charge on any atom is 0.255 e. The first-order valence-electron chi connectivity index (χ1n) is 6.37. The van der Waals surface area contributed by atoms with Gasteiger partial charge in [-0.25, -0.2) is 0 Å². The first-order chi connectivity index (χ1) is 10.1. The Balaban J connectivity index is 2.20. The Hall–Kier alpha value is -0.880. The van der Waals surface area contributed by atoms with E-state index in [4.69, 9.17) is 16.3 Å². The third kappa shape index (κ3) is 4.54. The maximum absolute atomic E-state index is 12.7. The van der Waals surface area contributed by atoms with Gasteiger partial charge in [0.05, 0.1) is 18.7 Å². The summed E-state index contributed by atoms with van der Waals surface area (Å²) in [6.07, 6.45) is 0. The number of nitrogens with zero attached hydrogens (tertiary/aromatic N) is 1. The minimum absolute atomic E-state index is 0.0380. The van der Waals surface area contributed by atoms with Gasteiger partial charge < -0.3 is 9.64 Å². The van der Waals surface area contributed by atoms with Gasteiger partial charge in [0.25, 0.3) is 5.91 Å². The van der Waals surface area contributed by atoms with Crippen LogP contribution >= 0.6 is 38.9 Å². The number of rotatable bonds is 6. The lowest BCUT2D eigenvalue weighted by atomic mass is 10.2. The summed E-state index contributed by atoms with van der Waals surface area (Å²) in [5, 5.41) is 2.60. The largest absolute Gasteiger partial charge is 0.383 e. The zero-order valence-corrected chi connectivity index (χ0v) is 14.7. The lowest BCUT2D eigenvalue weighted by Crippen LogP contribution is -2.33. The molecule has 0 spiro atoms. The van der Waals surface area contributed by atoms with Crippen LogP contribution in [0.3, 0.4) is 0 Å². The number of amides is 1. The van der Waals surface area contributed by atoms with Crippen LogP contribution < -0.4 is 0 Å². The summed E-state index contributed by atoms with van der Waals surface area (Å²) in [5.41, 5.74) is 0.604. The average molecular weight is 389 g/mol. The van der Waals surface area contributed by atoms with Gasteiger partial charge in [-0.3, -0.25) is 4.79 Å². The van der Waals surface area contributed by atoms with E-state index >= 15 is 0 Å². The lowest BCUT2D eigenvalue weighted by molar-refractivity contribution is 0.0681. The van der Waals surface area contributed by atoms with Gasteiger partial charge in [-0.1, -0.05) is 17.7 Å². The van der Waals surface area contributed by atoms with E-state index < -0.39 is 0 Å². The molecule has 0 unspecified atom stereocenters. The molecule has 0 bridgehead atoms. The normalized spacial score (nSPS) is 10.6. The molecule has 0 saturated carbocycles. The Morgan fingerprint density at radius 2 is 2.24 bits per heavy atom. The van der Waals surface area contributed by atoms with Gasteiger partial charge in [-0.05, 0) is 45.6 Å². The molecule has 0 fully saturated rings. The van der Waals surface area contributed by atoms with Crippen LogP contribution in [0.15, 0.2) is 40.2 Å². The van der Waals surface area contributed by atoms with Crippen LogP contribution in [0.1, 0.15) is 15.2 Å². The Kier molecular flexibility index (Phi) is 6.23. The summed E-state index contributed by atoms with van der Waals surface area (Å²) in [7, 11) is 1.63. The standard InChI is InChI=1S/C15H15BrClNO2S/c1-20-7-6-18(10-12-3-2-8-21-12)15(19)13-5-4-11(17)9-14(13)16/h2-5,8-9H,6-7,10H2,1H3. The van der Waals surface area contributed by atoms with Crippen molar-refractivity contribution in [1.82, 2.24) is 4.90 Å². The van der Waals surface area contributed by atoms with Crippen LogP contribution in [-0.2, 0) is 11.3 Å². The molecular formula is C15H15BrClNO2S. The van der Waals surface area contributed by atoms with Crippen molar-refractivity contribution in [3.8, 4) is 0 Å². The summed E-state index contributed by atoms with van der Waals surface area (Å²) in [5.74, 6) is -0.0380. The molecule has 0 aliphatic heterocycles. The predicted octanol–water partition coefficient (Wildman–Crippen LogP) is 4.45. The van der Waals surface area contributed by atoms with Crippen molar-refractivity contribution in [2.75, 3.05) is 20.3 Å². The quantitative estimate of drug-likeness (QED) is 0.731. The Labute approximate surface area is 141 Å². The average Bonchev–Trinajstić information content (AvgIpc) is 2.95. The highest BCUT2D eigenvalue weighted by Crippen LogP contribution is 2.24. The van der Waals surface area contributed by atoms with Crippen molar-refractivity contribution in [2.24, 2.45) is 0 Å². The molecule has 0 aliphatic carbocycles. The van der Waals surface area contributed by atoms with E-state index in [2.05, 4.69) is 15.9 Å². The van der Waals surface area contributed by atoms with Gasteiger partial charge >= 0.3 is 0 Å². The molecule has 6 heteroatoms. The molecule has 1 aromatic heterocycles. The van der Waals surface area contributed by atoms with Crippen LogP contribution in [-0.4, -0.2) is 31.1 Å². The minimum atomic E-state index is -0.0380. The number of methoxy groups -OCH3 is 1. The van der Waals surface area contributed by atoms with Crippen LogP contribution in [0.2, 0.25) is 5.02 Å². The summed E-state index contributed by atoms with van der Waals surface area (Å²) < 4.78 is 5.81. The molecule has 1 amide bonds. The number of ether oxygens (including phenoxy) is 1. The highest BCUT2D eigenvalue weighted by atomic mass is 79.9. The zero-order chi connectivity index (χ0) is 15.2. The number of benzene rings is 1. The van der Waals surface area contributed by atoms with Gasteiger partial charge in [-0.15, -0.1) is 11.3 Å². The molecular weight excluding hydrogens is 374 g/mol. The van der Waals surface area contributed by atoms with Crippen molar-refractivity contribution in [2.45, 2.75) is 6.54 Å². The molecule has 0 saturated heterocycles. The summed E-state index contributed by atoms with van der Waals surface area (Å²) in [6, 6.07) is 9.20.